The van der Waals surface area contributed by atoms with E-state index in [0.717, 1.165) is 50.4 Å². The zero-order valence-electron chi connectivity index (χ0n) is 14.8. The maximum atomic E-state index is 12.1. The van der Waals surface area contributed by atoms with Gasteiger partial charge in [-0.3, -0.25) is 4.90 Å². The highest BCUT2D eigenvalue weighted by Crippen LogP contribution is 2.44. The molecule has 2 aliphatic heterocycles. The van der Waals surface area contributed by atoms with Crippen molar-refractivity contribution in [3.8, 4) is 0 Å². The summed E-state index contributed by atoms with van der Waals surface area (Å²) in [5.74, 6) is 1.95. The molecule has 2 aliphatic rings. The molecule has 1 atom stereocenters. The zero-order chi connectivity index (χ0) is 17.4. The Morgan fingerprint density at radius 1 is 1.33 bits per heavy atom. The first-order valence-electron chi connectivity index (χ1n) is 8.55. The second kappa shape index (κ2) is 6.78. The molecular weight excluding hydrogens is 328 g/mol. The fourth-order valence-electron chi connectivity index (χ4n) is 4.19. The number of likely N-dealkylation sites (tertiary alicyclic amines) is 1. The van der Waals surface area contributed by atoms with Crippen LogP contribution in [0, 0.1) is 12.3 Å². The van der Waals surface area contributed by atoms with Crippen molar-refractivity contribution in [2.75, 3.05) is 39.6 Å². The zero-order valence-corrected chi connectivity index (χ0v) is 15.6. The van der Waals surface area contributed by atoms with E-state index in [1.54, 1.807) is 11.4 Å². The number of furan rings is 1. The number of ether oxygens (including phenoxy) is 1. The Morgan fingerprint density at radius 3 is 2.58 bits per heavy atom. The van der Waals surface area contributed by atoms with E-state index in [1.807, 2.05) is 19.1 Å². The lowest BCUT2D eigenvalue weighted by atomic mass is 9.76. The minimum Gasteiger partial charge on any atom is -0.465 e. The Labute approximate surface area is 144 Å². The first-order chi connectivity index (χ1) is 11.3. The van der Waals surface area contributed by atoms with E-state index in [2.05, 4.69) is 4.90 Å². The normalized spacial score (nSPS) is 25.5. The van der Waals surface area contributed by atoms with Crippen LogP contribution < -0.4 is 0 Å². The van der Waals surface area contributed by atoms with Crippen LogP contribution in [0.2, 0.25) is 0 Å². The number of rotatable bonds is 5. The Hall–Kier alpha value is -0.890. The molecular formula is C17H28N2O4S. The summed E-state index contributed by atoms with van der Waals surface area (Å²) in [6, 6.07) is 4.01. The van der Waals surface area contributed by atoms with E-state index in [0.29, 0.717) is 13.2 Å². The number of nitrogens with zero attached hydrogens (tertiary/aromatic N) is 2. The van der Waals surface area contributed by atoms with Gasteiger partial charge in [-0.2, -0.15) is 4.31 Å². The van der Waals surface area contributed by atoms with Crippen LogP contribution in [0.1, 0.15) is 30.8 Å². The Morgan fingerprint density at radius 2 is 2.04 bits per heavy atom. The van der Waals surface area contributed by atoms with Crippen LogP contribution >= 0.6 is 0 Å². The van der Waals surface area contributed by atoms with Gasteiger partial charge in [0.25, 0.3) is 0 Å². The van der Waals surface area contributed by atoms with Gasteiger partial charge < -0.3 is 9.15 Å². The van der Waals surface area contributed by atoms with Crippen LogP contribution in [0.4, 0.5) is 0 Å². The van der Waals surface area contributed by atoms with Gasteiger partial charge in [-0.15, -0.1) is 0 Å². The van der Waals surface area contributed by atoms with Gasteiger partial charge in [0.1, 0.15) is 11.5 Å². The summed E-state index contributed by atoms with van der Waals surface area (Å²) in [5, 5.41) is 0. The molecule has 3 rings (SSSR count). The summed E-state index contributed by atoms with van der Waals surface area (Å²) in [7, 11) is -1.55. The molecule has 0 N–H and O–H groups in total. The molecule has 1 aromatic heterocycles. The van der Waals surface area contributed by atoms with E-state index in [-0.39, 0.29) is 11.5 Å². The Balaban J connectivity index is 1.62. The summed E-state index contributed by atoms with van der Waals surface area (Å²) >= 11 is 0. The molecule has 6 nitrogen and oxygen atoms in total. The first-order valence-corrected chi connectivity index (χ1v) is 10.4. The van der Waals surface area contributed by atoms with Gasteiger partial charge in [-0.1, -0.05) is 0 Å². The summed E-state index contributed by atoms with van der Waals surface area (Å²) in [6.45, 7) is 5.87. The highest BCUT2D eigenvalue weighted by molar-refractivity contribution is 7.88. The third-order valence-corrected chi connectivity index (χ3v) is 6.72. The molecule has 0 aromatic carbocycles. The van der Waals surface area contributed by atoms with Crippen molar-refractivity contribution in [2.45, 2.75) is 38.8 Å². The van der Waals surface area contributed by atoms with Crippen molar-refractivity contribution in [3.05, 3.63) is 23.7 Å². The Bertz CT molecular complexity index is 662. The van der Waals surface area contributed by atoms with Gasteiger partial charge in [0.05, 0.1) is 19.4 Å². The molecule has 1 spiro atoms. The molecule has 0 aliphatic carbocycles. The van der Waals surface area contributed by atoms with Gasteiger partial charge in [-0.05, 0) is 56.8 Å². The van der Waals surface area contributed by atoms with Crippen molar-refractivity contribution < 1.29 is 17.6 Å². The van der Waals surface area contributed by atoms with Crippen molar-refractivity contribution in [1.29, 1.82) is 0 Å². The second-order valence-electron chi connectivity index (χ2n) is 7.41. The van der Waals surface area contributed by atoms with Gasteiger partial charge in [0.2, 0.25) is 10.0 Å². The average molecular weight is 356 g/mol. The number of hydrogen-bond acceptors (Lipinski definition) is 5. The molecule has 24 heavy (non-hydrogen) atoms. The maximum Gasteiger partial charge on any atom is 0.211 e. The van der Waals surface area contributed by atoms with Crippen molar-refractivity contribution >= 4 is 10.0 Å². The number of piperidine rings is 1. The topological polar surface area (TPSA) is 63.0 Å². The van der Waals surface area contributed by atoms with Crippen LogP contribution in [0.15, 0.2) is 16.5 Å². The molecule has 0 bridgehead atoms. The summed E-state index contributed by atoms with van der Waals surface area (Å²) in [5.41, 5.74) is 0.0991. The highest BCUT2D eigenvalue weighted by Gasteiger charge is 2.48. The molecule has 0 saturated carbocycles. The van der Waals surface area contributed by atoms with Gasteiger partial charge in [0, 0.05) is 19.7 Å². The predicted molar refractivity (Wildman–Crippen MR) is 92.2 cm³/mol. The van der Waals surface area contributed by atoms with E-state index < -0.39 is 10.0 Å². The predicted octanol–water partition coefficient (Wildman–Crippen LogP) is 1.85. The number of sulfonamides is 1. The van der Waals surface area contributed by atoms with Crippen LogP contribution in [-0.4, -0.2) is 63.3 Å². The smallest absolute Gasteiger partial charge is 0.211 e. The quantitative estimate of drug-likeness (QED) is 0.806. The molecule has 0 radical (unpaired) electrons. The van der Waals surface area contributed by atoms with Crippen molar-refractivity contribution in [2.24, 2.45) is 5.41 Å². The van der Waals surface area contributed by atoms with Crippen LogP contribution in [0.5, 0.6) is 0 Å². The van der Waals surface area contributed by atoms with E-state index in [4.69, 9.17) is 9.15 Å². The minimum absolute atomic E-state index is 0.0238. The highest BCUT2D eigenvalue weighted by atomic mass is 32.2. The lowest BCUT2D eigenvalue weighted by molar-refractivity contribution is 0.0999. The Kier molecular flexibility index (Phi) is 5.06. The summed E-state index contributed by atoms with van der Waals surface area (Å²) in [4.78, 5) is 2.40. The fraction of sp³-hybridized carbons (Fsp3) is 0.765. The van der Waals surface area contributed by atoms with Gasteiger partial charge in [0.15, 0.2) is 0 Å². The molecule has 2 saturated heterocycles. The molecule has 0 unspecified atom stereocenters. The lowest BCUT2D eigenvalue weighted by Crippen LogP contribution is -2.42. The molecule has 7 heteroatoms. The maximum absolute atomic E-state index is 12.1. The fourth-order valence-corrected chi connectivity index (χ4v) is 5.37. The third kappa shape index (κ3) is 3.85. The van der Waals surface area contributed by atoms with Crippen LogP contribution in [-0.2, 0) is 21.3 Å². The molecule has 0 amide bonds. The van der Waals surface area contributed by atoms with E-state index in [1.165, 1.54) is 6.26 Å². The first kappa shape index (κ1) is 17.9. The largest absolute Gasteiger partial charge is 0.465 e. The number of aryl methyl sites for hydroxylation is 1. The SMILES string of the molecule is COC[C@@H]1CC2(CCN(Cc3ccc(C)o3)CC2)CN1S(C)(=O)=O. The van der Waals surface area contributed by atoms with Crippen LogP contribution in [0.25, 0.3) is 0 Å². The van der Waals surface area contributed by atoms with E-state index >= 15 is 0 Å². The second-order valence-corrected chi connectivity index (χ2v) is 9.35. The number of hydrogen-bond donors (Lipinski definition) is 0. The molecule has 136 valence electrons. The minimum atomic E-state index is -3.18. The third-order valence-electron chi connectivity index (χ3n) is 5.44. The van der Waals surface area contributed by atoms with Crippen molar-refractivity contribution in [3.63, 3.8) is 0 Å². The summed E-state index contributed by atoms with van der Waals surface area (Å²) in [6.07, 6.45) is 4.27. The summed E-state index contributed by atoms with van der Waals surface area (Å²) < 4.78 is 36.8. The lowest BCUT2D eigenvalue weighted by Gasteiger charge is -2.39. The van der Waals surface area contributed by atoms with Gasteiger partial charge in [-0.25, -0.2) is 8.42 Å². The van der Waals surface area contributed by atoms with E-state index in [9.17, 15) is 8.42 Å². The van der Waals surface area contributed by atoms with Crippen LogP contribution in [0.3, 0.4) is 0 Å². The van der Waals surface area contributed by atoms with Gasteiger partial charge >= 0.3 is 0 Å². The standard InChI is InChI=1S/C17H28N2O4S/c1-14-4-5-16(23-14)11-18-8-6-17(7-9-18)10-15(12-22-2)19(13-17)24(3,20)21/h4-5,15H,6-13H2,1-3H3/t15-/m0/s1. The van der Waals surface area contributed by atoms with Crippen molar-refractivity contribution in [1.82, 2.24) is 9.21 Å². The number of methoxy groups -OCH3 is 1. The average Bonchev–Trinajstić information content (AvgIpc) is 3.06. The molecule has 3 heterocycles. The molecule has 1 aromatic rings. The monoisotopic (exact) mass is 356 g/mol. The molecule has 2 fully saturated rings.